The van der Waals surface area contributed by atoms with Crippen LogP contribution in [0.2, 0.25) is 0 Å². The summed E-state index contributed by atoms with van der Waals surface area (Å²) < 4.78 is 7.25. The highest BCUT2D eigenvalue weighted by molar-refractivity contribution is 5.74. The molecule has 6 heteroatoms. The lowest BCUT2D eigenvalue weighted by atomic mass is 9.96. The van der Waals surface area contributed by atoms with Gasteiger partial charge in [0.1, 0.15) is 0 Å². The first-order valence-corrected chi connectivity index (χ1v) is 8.31. The first-order chi connectivity index (χ1) is 11.3. The molecule has 0 aliphatic heterocycles. The van der Waals surface area contributed by atoms with Crippen molar-refractivity contribution in [3.05, 3.63) is 30.2 Å². The van der Waals surface area contributed by atoms with E-state index in [9.17, 15) is 4.79 Å². The molecular weight excluding hydrogens is 292 g/mol. The van der Waals surface area contributed by atoms with E-state index in [-0.39, 0.29) is 6.03 Å². The number of ether oxygens (including phenoxy) is 1. The molecule has 0 radical (unpaired) electrons. The van der Waals surface area contributed by atoms with Crippen LogP contribution in [0.25, 0.3) is 5.65 Å². The van der Waals surface area contributed by atoms with Gasteiger partial charge >= 0.3 is 6.03 Å². The molecule has 2 N–H and O–H groups in total. The van der Waals surface area contributed by atoms with E-state index in [4.69, 9.17) is 4.74 Å². The van der Waals surface area contributed by atoms with Crippen molar-refractivity contribution < 1.29 is 9.53 Å². The van der Waals surface area contributed by atoms with E-state index in [1.807, 2.05) is 28.9 Å². The van der Waals surface area contributed by atoms with Gasteiger partial charge in [-0.1, -0.05) is 19.3 Å². The highest BCUT2D eigenvalue weighted by Crippen LogP contribution is 2.18. The summed E-state index contributed by atoms with van der Waals surface area (Å²) in [6.07, 6.45) is 10.5. The van der Waals surface area contributed by atoms with Gasteiger partial charge in [-0.05, 0) is 25.0 Å². The maximum absolute atomic E-state index is 11.9. The number of amides is 2. The predicted molar refractivity (Wildman–Crippen MR) is 88.9 cm³/mol. The second-order valence-corrected chi connectivity index (χ2v) is 6.02. The monoisotopic (exact) mass is 316 g/mol. The lowest BCUT2D eigenvalue weighted by Gasteiger charge is -2.22. The summed E-state index contributed by atoms with van der Waals surface area (Å²) in [4.78, 5) is 16.5. The van der Waals surface area contributed by atoms with Gasteiger partial charge in [0, 0.05) is 31.4 Å². The number of fused-ring (bicyclic) bond motifs is 1. The fourth-order valence-electron chi connectivity index (χ4n) is 3.11. The molecule has 2 aromatic heterocycles. The van der Waals surface area contributed by atoms with Crippen molar-refractivity contribution >= 4 is 11.7 Å². The van der Waals surface area contributed by atoms with Crippen LogP contribution in [0.1, 0.15) is 37.8 Å². The zero-order valence-electron chi connectivity index (χ0n) is 13.5. The van der Waals surface area contributed by atoms with Crippen molar-refractivity contribution in [1.82, 2.24) is 20.0 Å². The van der Waals surface area contributed by atoms with Crippen LogP contribution in [0, 0.1) is 0 Å². The van der Waals surface area contributed by atoms with Crippen molar-refractivity contribution in [2.75, 3.05) is 13.7 Å². The zero-order chi connectivity index (χ0) is 16.1. The average molecular weight is 316 g/mol. The molecule has 3 rings (SSSR count). The number of pyridine rings is 1. The summed E-state index contributed by atoms with van der Waals surface area (Å²) in [5.41, 5.74) is 1.74. The van der Waals surface area contributed by atoms with Gasteiger partial charge in [0.15, 0.2) is 11.4 Å². The van der Waals surface area contributed by atoms with Gasteiger partial charge in [-0.2, -0.15) is 0 Å². The molecule has 6 nitrogen and oxygen atoms in total. The molecule has 0 unspecified atom stereocenters. The predicted octanol–water partition coefficient (Wildman–Crippen LogP) is 2.52. The van der Waals surface area contributed by atoms with E-state index >= 15 is 0 Å². The summed E-state index contributed by atoms with van der Waals surface area (Å²) in [7, 11) is 1.64. The van der Waals surface area contributed by atoms with E-state index in [1.165, 1.54) is 19.3 Å². The molecule has 1 fully saturated rings. The minimum Gasteiger partial charge on any atom is -0.493 e. The highest BCUT2D eigenvalue weighted by Gasteiger charge is 2.15. The number of aromatic nitrogens is 2. The molecule has 124 valence electrons. The maximum Gasteiger partial charge on any atom is 0.315 e. The number of hydrogen-bond acceptors (Lipinski definition) is 3. The number of carbonyl (C=O) groups excluding carboxylic acids is 1. The fraction of sp³-hybridized carbons (Fsp3) is 0.529. The molecule has 0 bridgehead atoms. The van der Waals surface area contributed by atoms with Crippen molar-refractivity contribution in [3.8, 4) is 5.75 Å². The second kappa shape index (κ2) is 7.35. The molecule has 0 spiro atoms. The van der Waals surface area contributed by atoms with E-state index < -0.39 is 0 Å². The van der Waals surface area contributed by atoms with Gasteiger partial charge in [0.05, 0.1) is 12.8 Å². The van der Waals surface area contributed by atoms with Crippen LogP contribution in [0.3, 0.4) is 0 Å². The molecule has 1 aliphatic rings. The van der Waals surface area contributed by atoms with Crippen LogP contribution in [-0.2, 0) is 6.42 Å². The molecule has 1 saturated carbocycles. The van der Waals surface area contributed by atoms with Gasteiger partial charge < -0.3 is 19.8 Å². The minimum absolute atomic E-state index is 0.0711. The number of nitrogens with zero attached hydrogens (tertiary/aromatic N) is 2. The van der Waals surface area contributed by atoms with Gasteiger partial charge in [-0.25, -0.2) is 9.78 Å². The average Bonchev–Trinajstić information content (AvgIpc) is 2.98. The van der Waals surface area contributed by atoms with Crippen LogP contribution in [0.5, 0.6) is 5.75 Å². The first-order valence-electron chi connectivity index (χ1n) is 8.31. The molecule has 0 atom stereocenters. The summed E-state index contributed by atoms with van der Waals surface area (Å²) >= 11 is 0. The molecule has 2 aromatic rings. The third kappa shape index (κ3) is 3.94. The summed E-state index contributed by atoms with van der Waals surface area (Å²) in [5.74, 6) is 0.752. The van der Waals surface area contributed by atoms with Crippen LogP contribution >= 0.6 is 0 Å². The van der Waals surface area contributed by atoms with Gasteiger partial charge in [-0.3, -0.25) is 0 Å². The van der Waals surface area contributed by atoms with E-state index in [0.29, 0.717) is 19.0 Å². The number of carbonyl (C=O) groups is 1. The third-order valence-corrected chi connectivity index (χ3v) is 4.32. The number of imidazole rings is 1. The van der Waals surface area contributed by atoms with Gasteiger partial charge in [-0.15, -0.1) is 0 Å². The van der Waals surface area contributed by atoms with Crippen molar-refractivity contribution in [1.29, 1.82) is 0 Å². The lowest BCUT2D eigenvalue weighted by molar-refractivity contribution is 0.233. The van der Waals surface area contributed by atoms with Crippen LogP contribution < -0.4 is 15.4 Å². The summed E-state index contributed by atoms with van der Waals surface area (Å²) in [5, 5.41) is 5.98. The Labute approximate surface area is 136 Å². The Bertz CT molecular complexity index is 662. The maximum atomic E-state index is 11.9. The number of urea groups is 1. The summed E-state index contributed by atoms with van der Waals surface area (Å²) in [6, 6.07) is 4.08. The standard InChI is InChI=1S/C17H24N4O2/c1-23-15-8-5-11-21-12-14(19-16(15)21)9-10-18-17(22)20-13-6-3-2-4-7-13/h5,8,11-13H,2-4,6-7,9-10H2,1H3,(H2,18,20,22). The lowest BCUT2D eigenvalue weighted by Crippen LogP contribution is -2.43. The van der Waals surface area contributed by atoms with Crippen molar-refractivity contribution in [3.63, 3.8) is 0 Å². The molecule has 23 heavy (non-hydrogen) atoms. The Balaban J connectivity index is 1.49. The molecule has 0 saturated heterocycles. The largest absolute Gasteiger partial charge is 0.493 e. The number of rotatable bonds is 5. The fourth-order valence-corrected chi connectivity index (χ4v) is 3.11. The normalized spacial score (nSPS) is 15.5. The third-order valence-electron chi connectivity index (χ3n) is 4.32. The first kappa shape index (κ1) is 15.6. The molecular formula is C17H24N4O2. The Hall–Kier alpha value is -2.24. The number of nitrogens with one attached hydrogen (secondary N) is 2. The molecule has 2 heterocycles. The van der Waals surface area contributed by atoms with E-state index in [0.717, 1.165) is 29.9 Å². The number of hydrogen-bond donors (Lipinski definition) is 2. The highest BCUT2D eigenvalue weighted by atomic mass is 16.5. The molecule has 2 amide bonds. The molecule has 1 aliphatic carbocycles. The minimum atomic E-state index is -0.0711. The zero-order valence-corrected chi connectivity index (χ0v) is 13.5. The summed E-state index contributed by atoms with van der Waals surface area (Å²) in [6.45, 7) is 0.574. The number of methoxy groups -OCH3 is 1. The Morgan fingerprint density at radius 1 is 1.39 bits per heavy atom. The van der Waals surface area contributed by atoms with E-state index in [2.05, 4.69) is 15.6 Å². The Morgan fingerprint density at radius 2 is 2.22 bits per heavy atom. The van der Waals surface area contributed by atoms with E-state index in [1.54, 1.807) is 7.11 Å². The SMILES string of the molecule is COc1cccn2cc(CCNC(=O)NC3CCCCC3)nc12. The van der Waals surface area contributed by atoms with Gasteiger partial charge in [0.2, 0.25) is 0 Å². The smallest absolute Gasteiger partial charge is 0.315 e. The Morgan fingerprint density at radius 3 is 3.00 bits per heavy atom. The van der Waals surface area contributed by atoms with Crippen molar-refractivity contribution in [2.45, 2.75) is 44.6 Å². The molecule has 0 aromatic carbocycles. The Kier molecular flexibility index (Phi) is 5.00. The van der Waals surface area contributed by atoms with Gasteiger partial charge in [0.25, 0.3) is 0 Å². The topological polar surface area (TPSA) is 67.7 Å². The van der Waals surface area contributed by atoms with Crippen LogP contribution in [0.15, 0.2) is 24.5 Å². The van der Waals surface area contributed by atoms with Crippen LogP contribution in [-0.4, -0.2) is 35.1 Å². The second-order valence-electron chi connectivity index (χ2n) is 6.02. The van der Waals surface area contributed by atoms with Crippen LogP contribution in [0.4, 0.5) is 4.79 Å². The van der Waals surface area contributed by atoms with Crippen molar-refractivity contribution in [2.24, 2.45) is 0 Å². The quantitative estimate of drug-likeness (QED) is 0.890.